The van der Waals surface area contributed by atoms with Crippen molar-refractivity contribution < 1.29 is 14.3 Å². The number of aromatic nitrogens is 2. The molecule has 2 aliphatic heterocycles. The van der Waals surface area contributed by atoms with Crippen LogP contribution in [0.2, 0.25) is 5.02 Å². The number of amides is 1. The number of halogens is 1. The quantitative estimate of drug-likeness (QED) is 0.570. The van der Waals surface area contributed by atoms with E-state index < -0.39 is 0 Å². The maximum Gasteiger partial charge on any atom is 0.227 e. The molecule has 0 saturated carbocycles. The van der Waals surface area contributed by atoms with Crippen molar-refractivity contribution in [1.29, 1.82) is 0 Å². The number of rotatable bonds is 6. The van der Waals surface area contributed by atoms with E-state index in [1.165, 1.54) is 0 Å². The Morgan fingerprint density at radius 1 is 1.16 bits per heavy atom. The van der Waals surface area contributed by atoms with Gasteiger partial charge in [0.1, 0.15) is 11.6 Å². The summed E-state index contributed by atoms with van der Waals surface area (Å²) in [5.74, 6) is 1.67. The van der Waals surface area contributed by atoms with Gasteiger partial charge in [-0.25, -0.2) is 4.98 Å². The average Bonchev–Trinajstić information content (AvgIpc) is 3.38. The number of nitrogens with zero attached hydrogens (tertiary/aromatic N) is 4. The van der Waals surface area contributed by atoms with Crippen molar-refractivity contribution in [3.05, 3.63) is 53.3 Å². The monoisotopic (exact) mass is 454 g/mol. The summed E-state index contributed by atoms with van der Waals surface area (Å²) in [6.45, 7) is 5.79. The molecule has 7 nitrogen and oxygen atoms in total. The van der Waals surface area contributed by atoms with Gasteiger partial charge < -0.3 is 18.9 Å². The molecule has 2 aromatic carbocycles. The predicted octanol–water partition coefficient (Wildman–Crippen LogP) is 3.55. The van der Waals surface area contributed by atoms with Crippen molar-refractivity contribution in [3.63, 3.8) is 0 Å². The highest BCUT2D eigenvalue weighted by molar-refractivity contribution is 6.31. The van der Waals surface area contributed by atoms with Crippen LogP contribution in [-0.4, -0.2) is 66.9 Å². The van der Waals surface area contributed by atoms with Crippen LogP contribution in [0.3, 0.4) is 0 Å². The normalized spacial score (nSPS) is 19.8. The Morgan fingerprint density at radius 3 is 2.78 bits per heavy atom. The van der Waals surface area contributed by atoms with E-state index in [2.05, 4.69) is 15.5 Å². The molecule has 32 heavy (non-hydrogen) atoms. The first-order valence-electron chi connectivity index (χ1n) is 11.0. The van der Waals surface area contributed by atoms with Crippen molar-refractivity contribution in [2.24, 2.45) is 0 Å². The van der Waals surface area contributed by atoms with Gasteiger partial charge in [-0.1, -0.05) is 23.7 Å². The van der Waals surface area contributed by atoms with Crippen molar-refractivity contribution in [2.75, 3.05) is 51.4 Å². The molecule has 0 aliphatic carbocycles. The number of hydrogen-bond acceptors (Lipinski definition) is 5. The number of carbonyl (C=O) groups is 1. The lowest BCUT2D eigenvalue weighted by molar-refractivity contribution is -0.117. The first-order chi connectivity index (χ1) is 15.6. The highest BCUT2D eigenvalue weighted by Gasteiger charge is 2.36. The third-order valence-electron chi connectivity index (χ3n) is 6.35. The fourth-order valence-electron chi connectivity index (χ4n) is 4.69. The lowest BCUT2D eigenvalue weighted by Crippen LogP contribution is -2.38. The van der Waals surface area contributed by atoms with Crippen molar-refractivity contribution in [1.82, 2.24) is 14.5 Å². The molecule has 1 amide bonds. The largest absolute Gasteiger partial charge is 0.495 e. The van der Waals surface area contributed by atoms with E-state index in [1.54, 1.807) is 30.2 Å². The maximum atomic E-state index is 13.0. The number of anilines is 1. The highest BCUT2D eigenvalue weighted by Crippen LogP contribution is 2.38. The van der Waals surface area contributed by atoms with Gasteiger partial charge in [0, 0.05) is 50.1 Å². The molecule has 0 bridgehead atoms. The molecular weight excluding hydrogens is 428 g/mol. The number of methoxy groups -OCH3 is 1. The molecule has 3 aromatic rings. The second kappa shape index (κ2) is 9.10. The first-order valence-corrected chi connectivity index (χ1v) is 11.4. The molecule has 2 saturated heterocycles. The molecule has 5 rings (SSSR count). The smallest absolute Gasteiger partial charge is 0.227 e. The van der Waals surface area contributed by atoms with Crippen LogP contribution < -0.4 is 9.64 Å². The first kappa shape index (κ1) is 21.2. The topological polar surface area (TPSA) is 59.8 Å². The number of fused-ring (bicyclic) bond motifs is 1. The van der Waals surface area contributed by atoms with E-state index in [1.807, 2.05) is 18.2 Å². The number of morpholine rings is 1. The molecule has 1 unspecified atom stereocenters. The maximum absolute atomic E-state index is 13.0. The van der Waals surface area contributed by atoms with Crippen LogP contribution in [0.1, 0.15) is 18.2 Å². The summed E-state index contributed by atoms with van der Waals surface area (Å²) in [4.78, 5) is 22.2. The Labute approximate surface area is 192 Å². The van der Waals surface area contributed by atoms with Gasteiger partial charge in [0.2, 0.25) is 5.91 Å². The minimum absolute atomic E-state index is 0.00303. The molecule has 168 valence electrons. The number of ether oxygens (including phenoxy) is 2. The van der Waals surface area contributed by atoms with Gasteiger partial charge in [0.15, 0.2) is 0 Å². The molecule has 1 aromatic heterocycles. The summed E-state index contributed by atoms with van der Waals surface area (Å²) in [6, 6.07) is 13.6. The van der Waals surface area contributed by atoms with E-state index in [9.17, 15) is 4.79 Å². The van der Waals surface area contributed by atoms with E-state index in [0.29, 0.717) is 29.4 Å². The van der Waals surface area contributed by atoms with E-state index in [4.69, 9.17) is 26.1 Å². The zero-order chi connectivity index (χ0) is 22.1. The lowest BCUT2D eigenvalue weighted by atomic mass is 10.1. The van der Waals surface area contributed by atoms with Crippen molar-refractivity contribution in [3.8, 4) is 5.75 Å². The zero-order valence-electron chi connectivity index (χ0n) is 18.2. The fourth-order valence-corrected chi connectivity index (χ4v) is 4.86. The molecule has 2 aliphatic rings. The minimum atomic E-state index is 0.00303. The average molecular weight is 455 g/mol. The van der Waals surface area contributed by atoms with Gasteiger partial charge in [-0.15, -0.1) is 0 Å². The molecule has 1 atom stereocenters. The standard InChI is InChI=1S/C24H27ClN4O3/c1-31-22-7-6-18(25)15-21(22)29-16-17(14-23(29)30)24-26-19-4-2-3-5-20(19)28(24)9-8-27-10-12-32-13-11-27/h2-7,15,17H,8-14,16H2,1H3. The summed E-state index contributed by atoms with van der Waals surface area (Å²) < 4.78 is 13.3. The Hall–Kier alpha value is -2.61. The number of para-hydroxylation sites is 2. The zero-order valence-corrected chi connectivity index (χ0v) is 18.9. The van der Waals surface area contributed by atoms with Crippen LogP contribution in [0.4, 0.5) is 5.69 Å². The molecule has 2 fully saturated rings. The highest BCUT2D eigenvalue weighted by atomic mass is 35.5. The van der Waals surface area contributed by atoms with Crippen LogP contribution in [0.25, 0.3) is 11.0 Å². The van der Waals surface area contributed by atoms with Crippen LogP contribution in [-0.2, 0) is 16.1 Å². The Kier molecular flexibility index (Phi) is 6.04. The summed E-state index contributed by atoms with van der Waals surface area (Å²) >= 11 is 6.22. The SMILES string of the molecule is COc1ccc(Cl)cc1N1CC(c2nc3ccccc3n2CCN2CCOCC2)CC1=O. The third kappa shape index (κ3) is 4.08. The van der Waals surface area contributed by atoms with E-state index in [-0.39, 0.29) is 11.8 Å². The summed E-state index contributed by atoms with van der Waals surface area (Å²) in [6.07, 6.45) is 0.413. The molecular formula is C24H27ClN4O3. The summed E-state index contributed by atoms with van der Waals surface area (Å²) in [5, 5.41) is 0.579. The van der Waals surface area contributed by atoms with E-state index >= 15 is 0 Å². The Morgan fingerprint density at radius 2 is 1.97 bits per heavy atom. The summed E-state index contributed by atoms with van der Waals surface area (Å²) in [5.41, 5.74) is 2.79. The van der Waals surface area contributed by atoms with Gasteiger partial charge in [-0.2, -0.15) is 0 Å². The van der Waals surface area contributed by atoms with Gasteiger partial charge >= 0.3 is 0 Å². The van der Waals surface area contributed by atoms with Gasteiger partial charge in [-0.3, -0.25) is 9.69 Å². The number of imidazole rings is 1. The Balaban J connectivity index is 1.44. The van der Waals surface area contributed by atoms with Gasteiger partial charge in [-0.05, 0) is 30.3 Å². The predicted molar refractivity (Wildman–Crippen MR) is 125 cm³/mol. The van der Waals surface area contributed by atoms with Crippen LogP contribution in [0.5, 0.6) is 5.75 Å². The molecule has 8 heteroatoms. The second-order valence-electron chi connectivity index (χ2n) is 8.29. The molecule has 0 spiro atoms. The minimum Gasteiger partial charge on any atom is -0.495 e. The van der Waals surface area contributed by atoms with Crippen LogP contribution >= 0.6 is 11.6 Å². The number of benzene rings is 2. The molecule has 0 radical (unpaired) electrons. The lowest BCUT2D eigenvalue weighted by Gasteiger charge is -2.27. The van der Waals surface area contributed by atoms with Crippen molar-refractivity contribution >= 4 is 34.2 Å². The van der Waals surface area contributed by atoms with Gasteiger partial charge in [0.25, 0.3) is 0 Å². The Bertz CT molecular complexity index is 1130. The third-order valence-corrected chi connectivity index (χ3v) is 6.58. The van der Waals surface area contributed by atoms with Gasteiger partial charge in [0.05, 0.1) is 37.0 Å². The van der Waals surface area contributed by atoms with Crippen molar-refractivity contribution in [2.45, 2.75) is 18.9 Å². The second-order valence-corrected chi connectivity index (χ2v) is 8.72. The summed E-state index contributed by atoms with van der Waals surface area (Å²) in [7, 11) is 1.61. The molecule has 0 N–H and O–H groups in total. The molecule has 3 heterocycles. The van der Waals surface area contributed by atoms with E-state index in [0.717, 1.165) is 56.3 Å². The van der Waals surface area contributed by atoms with Crippen LogP contribution in [0.15, 0.2) is 42.5 Å². The fraction of sp³-hybridized carbons (Fsp3) is 0.417. The number of carbonyl (C=O) groups excluding carboxylic acids is 1. The van der Waals surface area contributed by atoms with Crippen LogP contribution in [0, 0.1) is 0 Å². The number of hydrogen-bond donors (Lipinski definition) is 0.